The van der Waals surface area contributed by atoms with Crippen LogP contribution in [0.1, 0.15) is 11.6 Å². The Balaban J connectivity index is 1.63. The molecule has 0 amide bonds. The number of nitriles is 1. The van der Waals surface area contributed by atoms with E-state index < -0.39 is 53.8 Å². The highest BCUT2D eigenvalue weighted by Gasteiger charge is 2.46. The maximum atomic E-state index is 13.6. The molecule has 13 heteroatoms. The Labute approximate surface area is 200 Å². The molecule has 2 heterocycles. The number of thioether (sulfide) groups is 1. The van der Waals surface area contributed by atoms with E-state index in [1.54, 1.807) is 6.07 Å². The molecule has 0 aliphatic carbocycles. The summed E-state index contributed by atoms with van der Waals surface area (Å²) in [6.07, 6.45) is -2.68. The number of hydrogen-bond acceptors (Lipinski definition) is 8. The molecule has 2 aromatic carbocycles. The predicted molar refractivity (Wildman–Crippen MR) is 114 cm³/mol. The van der Waals surface area contributed by atoms with Gasteiger partial charge >= 0.3 is 0 Å². The van der Waals surface area contributed by atoms with E-state index in [1.165, 1.54) is 18.3 Å². The normalized spacial score (nSPS) is 24.7. The number of aliphatic hydroxyl groups excluding tert-OH is 3. The summed E-state index contributed by atoms with van der Waals surface area (Å²) in [4.78, 5) is 0.552. The van der Waals surface area contributed by atoms with Crippen molar-refractivity contribution >= 4 is 23.4 Å². The standard InChI is InChI=1S/C21H16ClF3N4O4S/c22-12-5-11(2-1-9(12)6-26)34-21-20(32)18(19(31)16(8-30)33-21)29-7-15(27-28-29)10-3-13(23)17(25)14(24)4-10/h1-5,7,16,18-21,30-32H,8H2/t16-,18+,19+,20-,21-/m1/s1. The third kappa shape index (κ3) is 4.63. The first kappa shape index (κ1) is 24.5. The van der Waals surface area contributed by atoms with E-state index in [4.69, 9.17) is 21.6 Å². The van der Waals surface area contributed by atoms with Gasteiger partial charge in [-0.25, -0.2) is 17.9 Å². The molecule has 178 valence electrons. The van der Waals surface area contributed by atoms with Crippen molar-refractivity contribution in [1.82, 2.24) is 15.0 Å². The van der Waals surface area contributed by atoms with E-state index >= 15 is 0 Å². The van der Waals surface area contributed by atoms with Crippen molar-refractivity contribution in [3.63, 3.8) is 0 Å². The third-order valence-corrected chi connectivity index (χ3v) is 6.72. The van der Waals surface area contributed by atoms with Gasteiger partial charge in [0, 0.05) is 10.5 Å². The molecule has 8 nitrogen and oxygen atoms in total. The maximum Gasteiger partial charge on any atom is 0.194 e. The van der Waals surface area contributed by atoms with Crippen LogP contribution in [-0.4, -0.2) is 60.7 Å². The predicted octanol–water partition coefficient (Wildman–Crippen LogP) is 2.66. The largest absolute Gasteiger partial charge is 0.394 e. The van der Waals surface area contributed by atoms with Crippen molar-refractivity contribution in [2.45, 2.75) is 34.7 Å². The second-order valence-electron chi connectivity index (χ2n) is 7.41. The monoisotopic (exact) mass is 512 g/mol. The molecule has 0 radical (unpaired) electrons. The maximum absolute atomic E-state index is 13.6. The van der Waals surface area contributed by atoms with Crippen LogP contribution in [0.3, 0.4) is 0 Å². The lowest BCUT2D eigenvalue weighted by molar-refractivity contribution is -0.178. The number of aliphatic hydroxyl groups is 3. The highest BCUT2D eigenvalue weighted by molar-refractivity contribution is 7.99. The minimum absolute atomic E-state index is 0.0349. The molecule has 0 bridgehead atoms. The van der Waals surface area contributed by atoms with Crippen LogP contribution in [0.5, 0.6) is 0 Å². The van der Waals surface area contributed by atoms with Crippen molar-refractivity contribution in [1.29, 1.82) is 5.26 Å². The molecule has 0 saturated carbocycles. The Morgan fingerprint density at radius 3 is 2.47 bits per heavy atom. The zero-order valence-electron chi connectivity index (χ0n) is 17.0. The van der Waals surface area contributed by atoms with Crippen LogP contribution in [0, 0.1) is 28.8 Å². The lowest BCUT2D eigenvalue weighted by Crippen LogP contribution is -2.55. The fraction of sp³-hybridized carbons (Fsp3) is 0.286. The van der Waals surface area contributed by atoms with E-state index in [-0.39, 0.29) is 21.8 Å². The topological polar surface area (TPSA) is 124 Å². The number of ether oxygens (including phenoxy) is 1. The van der Waals surface area contributed by atoms with Crippen molar-refractivity contribution in [2.24, 2.45) is 0 Å². The van der Waals surface area contributed by atoms with Crippen LogP contribution in [0.25, 0.3) is 11.3 Å². The van der Waals surface area contributed by atoms with Gasteiger partial charge in [-0.3, -0.25) is 0 Å². The molecule has 1 aliphatic heterocycles. The Kier molecular flexibility index (Phi) is 7.13. The van der Waals surface area contributed by atoms with Gasteiger partial charge < -0.3 is 20.1 Å². The number of rotatable bonds is 5. The first-order chi connectivity index (χ1) is 16.2. The molecule has 1 aromatic heterocycles. The molecule has 3 aromatic rings. The summed E-state index contributed by atoms with van der Waals surface area (Å²) in [5.74, 6) is -4.44. The molecule has 1 saturated heterocycles. The molecule has 1 aliphatic rings. The molecule has 0 spiro atoms. The zero-order valence-corrected chi connectivity index (χ0v) is 18.6. The summed E-state index contributed by atoms with van der Waals surface area (Å²) in [6, 6.07) is 6.88. The van der Waals surface area contributed by atoms with Gasteiger partial charge in [-0.05, 0) is 30.3 Å². The smallest absolute Gasteiger partial charge is 0.194 e. The molecule has 4 rings (SSSR count). The van der Waals surface area contributed by atoms with E-state index in [0.29, 0.717) is 4.90 Å². The van der Waals surface area contributed by atoms with Crippen molar-refractivity contribution in [2.75, 3.05) is 6.61 Å². The molecule has 1 fully saturated rings. The SMILES string of the molecule is N#Cc1ccc(S[C@H]2O[C@H](CO)[C@H](O)[C@H](n3cc(-c4cc(F)c(F)c(F)c4)nn3)[C@H]2O)cc1Cl. The molecule has 34 heavy (non-hydrogen) atoms. The Bertz CT molecular complexity index is 1230. The van der Waals surface area contributed by atoms with Crippen LogP contribution in [-0.2, 0) is 4.74 Å². The van der Waals surface area contributed by atoms with Crippen LogP contribution < -0.4 is 0 Å². The van der Waals surface area contributed by atoms with Crippen LogP contribution in [0.4, 0.5) is 13.2 Å². The van der Waals surface area contributed by atoms with Gasteiger partial charge in [-0.15, -0.1) is 5.10 Å². The van der Waals surface area contributed by atoms with E-state index in [2.05, 4.69) is 10.3 Å². The fourth-order valence-electron chi connectivity index (χ4n) is 3.53. The van der Waals surface area contributed by atoms with Gasteiger partial charge in [0.25, 0.3) is 0 Å². The average Bonchev–Trinajstić information content (AvgIpc) is 3.29. The lowest BCUT2D eigenvalue weighted by Gasteiger charge is -2.41. The fourth-order valence-corrected chi connectivity index (χ4v) is 4.92. The highest BCUT2D eigenvalue weighted by atomic mass is 35.5. The average molecular weight is 513 g/mol. The Hall–Kier alpha value is -2.66. The van der Waals surface area contributed by atoms with Crippen molar-refractivity contribution < 1.29 is 33.2 Å². The summed E-state index contributed by atoms with van der Waals surface area (Å²) in [5, 5.41) is 48.2. The first-order valence-corrected chi connectivity index (χ1v) is 11.0. The number of hydrogen-bond donors (Lipinski definition) is 3. The third-order valence-electron chi connectivity index (χ3n) is 5.26. The highest BCUT2D eigenvalue weighted by Crippen LogP contribution is 2.39. The van der Waals surface area contributed by atoms with Gasteiger partial charge in [-0.2, -0.15) is 5.26 Å². The van der Waals surface area contributed by atoms with Crippen molar-refractivity contribution in [3.8, 4) is 17.3 Å². The van der Waals surface area contributed by atoms with E-state index in [0.717, 1.165) is 28.6 Å². The molecule has 3 N–H and O–H groups in total. The van der Waals surface area contributed by atoms with Crippen LogP contribution >= 0.6 is 23.4 Å². The Morgan fingerprint density at radius 1 is 1.15 bits per heavy atom. The van der Waals surface area contributed by atoms with Gasteiger partial charge in [0.2, 0.25) is 0 Å². The second-order valence-corrected chi connectivity index (χ2v) is 8.99. The number of halogens is 4. The van der Waals surface area contributed by atoms with E-state index in [9.17, 15) is 28.5 Å². The lowest BCUT2D eigenvalue weighted by atomic mass is 9.97. The summed E-state index contributed by atoms with van der Waals surface area (Å²) < 4.78 is 47.3. The summed E-state index contributed by atoms with van der Waals surface area (Å²) >= 11 is 7.11. The quantitative estimate of drug-likeness (QED) is 0.446. The summed E-state index contributed by atoms with van der Waals surface area (Å²) in [7, 11) is 0. The zero-order chi connectivity index (χ0) is 24.6. The molecular formula is C21H16ClF3N4O4S. The van der Waals surface area contributed by atoms with Gasteiger partial charge in [0.1, 0.15) is 41.6 Å². The summed E-state index contributed by atoms with van der Waals surface area (Å²) in [5.41, 5.74) is -0.868. The molecule has 5 atom stereocenters. The van der Waals surface area contributed by atoms with Gasteiger partial charge in [0.05, 0.1) is 23.4 Å². The number of nitrogens with zero attached hydrogens (tertiary/aromatic N) is 4. The minimum Gasteiger partial charge on any atom is -0.394 e. The Morgan fingerprint density at radius 2 is 1.85 bits per heavy atom. The van der Waals surface area contributed by atoms with Crippen molar-refractivity contribution in [3.05, 3.63) is 64.6 Å². The van der Waals surface area contributed by atoms with Crippen LogP contribution in [0.2, 0.25) is 5.02 Å². The number of benzene rings is 2. The minimum atomic E-state index is -1.63. The molecule has 0 unspecified atom stereocenters. The second kappa shape index (κ2) is 9.91. The van der Waals surface area contributed by atoms with E-state index in [1.807, 2.05) is 6.07 Å². The summed E-state index contributed by atoms with van der Waals surface area (Å²) in [6.45, 7) is -0.578. The van der Waals surface area contributed by atoms with Gasteiger partial charge in [-0.1, -0.05) is 28.6 Å². The molecular weight excluding hydrogens is 497 g/mol. The number of aromatic nitrogens is 3. The first-order valence-electron chi connectivity index (χ1n) is 9.79. The van der Waals surface area contributed by atoms with Gasteiger partial charge in [0.15, 0.2) is 17.5 Å². The van der Waals surface area contributed by atoms with Crippen LogP contribution in [0.15, 0.2) is 41.4 Å².